The summed E-state index contributed by atoms with van der Waals surface area (Å²) in [6.45, 7) is 4.75. The van der Waals surface area contributed by atoms with Crippen LogP contribution in [0.2, 0.25) is 24.2 Å². The Morgan fingerprint density at radius 1 is 0.833 bits per heavy atom. The van der Waals surface area contributed by atoms with E-state index in [1.54, 1.807) is 6.04 Å². The lowest BCUT2D eigenvalue weighted by Crippen LogP contribution is -2.25. The molecule has 0 aromatic heterocycles. The Kier molecular flexibility index (Phi) is 8.74. The highest BCUT2D eigenvalue weighted by Crippen LogP contribution is 2.40. The van der Waals surface area contributed by atoms with Crippen LogP contribution in [0.1, 0.15) is 13.8 Å². The fourth-order valence-electron chi connectivity index (χ4n) is 0.969. The minimum absolute atomic E-state index is 0.817. The Morgan fingerprint density at radius 3 is 1.50 bits per heavy atom. The summed E-state index contributed by atoms with van der Waals surface area (Å²) in [7, 11) is 0. The van der Waals surface area contributed by atoms with Gasteiger partial charge >= 0.3 is 0 Å². The predicted octanol–water partition coefficient (Wildman–Crippen LogP) is 5.65. The minimum atomic E-state index is -0.860. The second kappa shape index (κ2) is 6.83. The number of hydrogen-bond acceptors (Lipinski definition) is 0. The molecule has 0 N–H and O–H groups in total. The summed E-state index contributed by atoms with van der Waals surface area (Å²) in [6.07, 6.45) is 0. The molecule has 0 radical (unpaired) electrons. The SMILES string of the molecule is CC[Si](I)(CC)CC[Si](I)(I)I. The topological polar surface area (TPSA) is 0 Å². The lowest BCUT2D eigenvalue weighted by molar-refractivity contribution is 1.23. The summed E-state index contributed by atoms with van der Waals surface area (Å²) in [6, 6.07) is 5.96. The molecule has 0 aromatic rings. The van der Waals surface area contributed by atoms with Crippen molar-refractivity contribution >= 4 is 93.3 Å². The molecule has 0 saturated carbocycles. The average Bonchev–Trinajstić information content (AvgIpc) is 1.99. The summed E-state index contributed by atoms with van der Waals surface area (Å²) in [5.41, 5.74) is -0.817. The third kappa shape index (κ3) is 7.62. The van der Waals surface area contributed by atoms with Crippen molar-refractivity contribution in [3.05, 3.63) is 0 Å². The van der Waals surface area contributed by atoms with Gasteiger partial charge in [-0.3, -0.25) is 0 Å². The van der Waals surface area contributed by atoms with E-state index < -0.39 is 6.13 Å². The molecule has 0 spiro atoms. The van der Waals surface area contributed by atoms with Gasteiger partial charge in [-0.25, -0.2) is 0 Å². The summed E-state index contributed by atoms with van der Waals surface area (Å²) in [4.78, 5) is 0. The van der Waals surface area contributed by atoms with Gasteiger partial charge in [0, 0.05) is 0 Å². The van der Waals surface area contributed by atoms with Gasteiger partial charge in [0.25, 0.3) is 0.564 Å². The minimum Gasteiger partial charge on any atom is -0.119 e. The molecule has 0 atom stereocenters. The highest BCUT2D eigenvalue weighted by Gasteiger charge is 2.30. The highest BCUT2D eigenvalue weighted by molar-refractivity contribution is 14.4. The largest absolute Gasteiger partial charge is 0.253 e. The van der Waals surface area contributed by atoms with Crippen molar-refractivity contribution in [3.8, 4) is 0 Å². The first-order valence-electron chi connectivity index (χ1n) is 4.08. The van der Waals surface area contributed by atoms with Crippen molar-refractivity contribution < 1.29 is 0 Å². The van der Waals surface area contributed by atoms with Crippen LogP contribution >= 0.6 is 87.2 Å². The van der Waals surface area contributed by atoms with Crippen LogP contribution in [0.5, 0.6) is 0 Å². The molecule has 6 heteroatoms. The van der Waals surface area contributed by atoms with E-state index >= 15 is 0 Å². The van der Waals surface area contributed by atoms with Crippen LogP contribution in [0.4, 0.5) is 0 Å². The maximum absolute atomic E-state index is 2.79. The molecule has 0 unspecified atom stereocenters. The van der Waals surface area contributed by atoms with Crippen LogP contribution in [0, 0.1) is 0 Å². The molecule has 0 nitrogen and oxygen atoms in total. The molecule has 0 amide bonds. The fourth-order valence-corrected chi connectivity index (χ4v) is 14.8. The molecule has 0 saturated heterocycles. The standard InChI is InChI=1S/C6H14I4Si2/c1-3-11(7,4-2)5-6-12(8,9)10/h3-6H2,1-2H3. The van der Waals surface area contributed by atoms with Crippen molar-refractivity contribution in [1.29, 1.82) is 0 Å². The van der Waals surface area contributed by atoms with Gasteiger partial charge < -0.3 is 0 Å². The average molecular weight is 650 g/mol. The van der Waals surface area contributed by atoms with Crippen LogP contribution in [-0.4, -0.2) is 6.13 Å². The van der Waals surface area contributed by atoms with Gasteiger partial charge in [0.15, 0.2) is 0 Å². The monoisotopic (exact) mass is 650 g/mol. The van der Waals surface area contributed by atoms with Crippen LogP contribution in [-0.2, 0) is 0 Å². The van der Waals surface area contributed by atoms with Gasteiger partial charge in [-0.1, -0.05) is 91.3 Å². The maximum Gasteiger partial charge on any atom is 0.253 e. The molecule has 0 heterocycles. The third-order valence-corrected chi connectivity index (χ3v) is 18.2. The van der Waals surface area contributed by atoms with Gasteiger partial charge in [-0.05, 0) is 12.1 Å². The van der Waals surface area contributed by atoms with Crippen molar-refractivity contribution in [2.45, 2.75) is 38.0 Å². The first-order chi connectivity index (χ1) is 5.33. The van der Waals surface area contributed by atoms with E-state index in [0.29, 0.717) is 0 Å². The molecule has 12 heavy (non-hydrogen) atoms. The fraction of sp³-hybridized carbons (Fsp3) is 1.00. The zero-order valence-electron chi connectivity index (χ0n) is 7.34. The van der Waals surface area contributed by atoms with Crippen LogP contribution in [0.3, 0.4) is 0 Å². The van der Waals surface area contributed by atoms with E-state index in [4.69, 9.17) is 0 Å². The second-order valence-electron chi connectivity index (χ2n) is 2.97. The van der Waals surface area contributed by atoms with Crippen LogP contribution in [0.25, 0.3) is 0 Å². The molecule has 0 aliphatic carbocycles. The van der Waals surface area contributed by atoms with Gasteiger partial charge in [0.05, 0.1) is 0 Å². The molecule has 0 aliphatic rings. The number of halogens is 4. The number of rotatable bonds is 5. The van der Waals surface area contributed by atoms with Crippen molar-refractivity contribution in [2.75, 3.05) is 0 Å². The Labute approximate surface area is 129 Å². The lowest BCUT2D eigenvalue weighted by Gasteiger charge is -2.23. The molecule has 0 bridgehead atoms. The van der Waals surface area contributed by atoms with Crippen LogP contribution < -0.4 is 0 Å². The van der Waals surface area contributed by atoms with Crippen molar-refractivity contribution in [1.82, 2.24) is 0 Å². The predicted molar refractivity (Wildman–Crippen MR) is 98.2 cm³/mol. The molecule has 74 valence electrons. The van der Waals surface area contributed by atoms with E-state index in [-0.39, 0.29) is 0 Å². The quantitative estimate of drug-likeness (QED) is 0.205. The summed E-state index contributed by atoms with van der Waals surface area (Å²) >= 11 is 10.8. The van der Waals surface area contributed by atoms with Gasteiger partial charge in [-0.2, -0.15) is 0 Å². The highest BCUT2D eigenvalue weighted by atomic mass is 127. The lowest BCUT2D eigenvalue weighted by atomic mass is 10.9. The third-order valence-electron chi connectivity index (χ3n) is 2.12. The number of hydrogen-bond donors (Lipinski definition) is 0. The molecule has 0 fully saturated rings. The van der Waals surface area contributed by atoms with Gasteiger partial charge in [0.2, 0.25) is 0 Å². The van der Waals surface area contributed by atoms with Gasteiger partial charge in [-0.15, -0.1) is 21.8 Å². The maximum atomic E-state index is 2.79. The molecule has 0 rings (SSSR count). The first-order valence-corrected chi connectivity index (χ1v) is 21.4. The molecule has 0 aromatic carbocycles. The summed E-state index contributed by atoms with van der Waals surface area (Å²) < 4.78 is -0.860. The van der Waals surface area contributed by atoms with Crippen molar-refractivity contribution in [3.63, 3.8) is 0 Å². The molecular formula is C6H14I4Si2. The Morgan fingerprint density at radius 2 is 1.25 bits per heavy atom. The first kappa shape index (κ1) is 15.4. The van der Waals surface area contributed by atoms with Crippen LogP contribution in [0.15, 0.2) is 0 Å². The Balaban J connectivity index is 3.89. The van der Waals surface area contributed by atoms with Crippen molar-refractivity contribution in [2.24, 2.45) is 0 Å². The zero-order valence-corrected chi connectivity index (χ0v) is 18.0. The van der Waals surface area contributed by atoms with E-state index in [1.165, 1.54) is 18.1 Å². The summed E-state index contributed by atoms with van der Waals surface area (Å²) in [5.74, 6) is 0. The zero-order chi connectivity index (χ0) is 9.83. The smallest absolute Gasteiger partial charge is 0.119 e. The molecular weight excluding hydrogens is 636 g/mol. The van der Waals surface area contributed by atoms with Gasteiger partial charge in [0.1, 0.15) is 5.57 Å². The molecule has 0 aliphatic heterocycles. The second-order valence-corrected chi connectivity index (χ2v) is 50.9. The van der Waals surface area contributed by atoms with E-state index in [0.717, 1.165) is 0 Å². The Bertz CT molecular complexity index is 130. The van der Waals surface area contributed by atoms with E-state index in [1.807, 2.05) is 0 Å². The van der Waals surface area contributed by atoms with E-state index in [2.05, 4.69) is 101 Å². The summed E-state index contributed by atoms with van der Waals surface area (Å²) in [5, 5.41) is 0. The normalized spacial score (nSPS) is 13.5. The van der Waals surface area contributed by atoms with E-state index in [9.17, 15) is 0 Å². The Hall–Kier alpha value is 3.35.